The first-order valence-electron chi connectivity index (χ1n) is 10.3. The van der Waals surface area contributed by atoms with E-state index in [1.165, 1.54) is 12.8 Å². The van der Waals surface area contributed by atoms with E-state index in [2.05, 4.69) is 15.5 Å². The number of aromatic amines is 1. The highest BCUT2D eigenvalue weighted by Gasteiger charge is 2.26. The van der Waals surface area contributed by atoms with E-state index < -0.39 is 0 Å². The molecule has 2 aromatic rings. The molecule has 0 spiro atoms. The number of amides is 1. The van der Waals surface area contributed by atoms with E-state index in [4.69, 9.17) is 4.98 Å². The molecule has 2 N–H and O–H groups in total. The van der Waals surface area contributed by atoms with Crippen LogP contribution in [0.2, 0.25) is 0 Å². The summed E-state index contributed by atoms with van der Waals surface area (Å²) in [4.78, 5) is 19.3. The number of hydrogen-bond acceptors (Lipinski definition) is 4. The fourth-order valence-electron chi connectivity index (χ4n) is 4.23. The molecule has 7 heteroatoms. The van der Waals surface area contributed by atoms with Gasteiger partial charge in [-0.15, -0.1) is 12.4 Å². The Kier molecular flexibility index (Phi) is 7.45. The fraction of sp³-hybridized carbons (Fsp3) is 0.571. The van der Waals surface area contributed by atoms with Gasteiger partial charge in [-0.2, -0.15) is 5.10 Å². The van der Waals surface area contributed by atoms with Gasteiger partial charge in [0.1, 0.15) is 5.82 Å². The molecule has 0 aliphatic carbocycles. The summed E-state index contributed by atoms with van der Waals surface area (Å²) in [5, 5.41) is 10.9. The zero-order valence-electron chi connectivity index (χ0n) is 16.3. The van der Waals surface area contributed by atoms with Crippen molar-refractivity contribution in [3.63, 3.8) is 0 Å². The molecule has 1 aromatic carbocycles. The SMILES string of the molecule is Cl.O=C(CCC1CCNCC1)N1CCC(c2nc(-c3ccccc3)n[nH]2)CC1. The van der Waals surface area contributed by atoms with Crippen LogP contribution in [0.25, 0.3) is 11.4 Å². The molecule has 1 aromatic heterocycles. The number of likely N-dealkylation sites (tertiary alicyclic amines) is 1. The lowest BCUT2D eigenvalue weighted by Crippen LogP contribution is -2.38. The number of carbonyl (C=O) groups is 1. The second-order valence-electron chi connectivity index (χ2n) is 7.80. The highest BCUT2D eigenvalue weighted by Crippen LogP contribution is 2.28. The van der Waals surface area contributed by atoms with Crippen molar-refractivity contribution >= 4 is 18.3 Å². The molecule has 152 valence electrons. The van der Waals surface area contributed by atoms with Crippen LogP contribution in [0.5, 0.6) is 0 Å². The lowest BCUT2D eigenvalue weighted by molar-refractivity contribution is -0.132. The molecule has 2 aliphatic rings. The van der Waals surface area contributed by atoms with Crippen LogP contribution in [-0.2, 0) is 4.79 Å². The molecule has 0 bridgehead atoms. The highest BCUT2D eigenvalue weighted by atomic mass is 35.5. The van der Waals surface area contributed by atoms with Crippen LogP contribution in [0.15, 0.2) is 30.3 Å². The monoisotopic (exact) mass is 403 g/mol. The van der Waals surface area contributed by atoms with Crippen LogP contribution < -0.4 is 5.32 Å². The van der Waals surface area contributed by atoms with Gasteiger partial charge in [-0.1, -0.05) is 30.3 Å². The van der Waals surface area contributed by atoms with Gasteiger partial charge in [0.05, 0.1) is 0 Å². The smallest absolute Gasteiger partial charge is 0.222 e. The first kappa shape index (κ1) is 20.8. The maximum atomic E-state index is 12.5. The number of rotatable bonds is 5. The zero-order chi connectivity index (χ0) is 18.5. The van der Waals surface area contributed by atoms with E-state index in [1.807, 2.05) is 35.2 Å². The average molecular weight is 404 g/mol. The molecular weight excluding hydrogens is 374 g/mol. The normalized spacial score (nSPS) is 18.6. The number of benzene rings is 1. The summed E-state index contributed by atoms with van der Waals surface area (Å²) in [6.07, 6.45) is 6.10. The summed E-state index contributed by atoms with van der Waals surface area (Å²) in [6, 6.07) is 10.0. The molecule has 4 rings (SSSR count). The van der Waals surface area contributed by atoms with Crippen molar-refractivity contribution in [1.29, 1.82) is 0 Å². The van der Waals surface area contributed by atoms with Crippen molar-refractivity contribution in [1.82, 2.24) is 25.4 Å². The number of piperidine rings is 2. The Morgan fingerprint density at radius 3 is 2.50 bits per heavy atom. The van der Waals surface area contributed by atoms with E-state index in [-0.39, 0.29) is 12.4 Å². The van der Waals surface area contributed by atoms with Crippen molar-refractivity contribution in [2.45, 2.75) is 44.4 Å². The molecule has 1 amide bonds. The van der Waals surface area contributed by atoms with Crippen LogP contribution in [0.1, 0.15) is 50.3 Å². The van der Waals surface area contributed by atoms with Crippen molar-refractivity contribution < 1.29 is 4.79 Å². The first-order valence-corrected chi connectivity index (χ1v) is 10.3. The second-order valence-corrected chi connectivity index (χ2v) is 7.80. The van der Waals surface area contributed by atoms with Crippen LogP contribution in [0, 0.1) is 5.92 Å². The predicted octanol–water partition coefficient (Wildman–Crippen LogP) is 3.38. The molecule has 2 saturated heterocycles. The average Bonchev–Trinajstić information content (AvgIpc) is 3.24. The third-order valence-corrected chi connectivity index (χ3v) is 5.99. The fourth-order valence-corrected chi connectivity index (χ4v) is 4.23. The van der Waals surface area contributed by atoms with Gasteiger partial charge in [0.15, 0.2) is 5.82 Å². The molecule has 28 heavy (non-hydrogen) atoms. The van der Waals surface area contributed by atoms with Gasteiger partial charge in [0, 0.05) is 31.0 Å². The zero-order valence-corrected chi connectivity index (χ0v) is 17.1. The number of aromatic nitrogens is 3. The standard InChI is InChI=1S/C21H29N5O.ClH/c27-19(7-6-16-8-12-22-13-9-16)26-14-10-18(11-15-26)21-23-20(24-25-21)17-4-2-1-3-5-17;/h1-5,16,18,22H,6-15H2,(H,23,24,25);1H. The minimum absolute atomic E-state index is 0. The number of carbonyl (C=O) groups excluding carboxylic acids is 1. The maximum Gasteiger partial charge on any atom is 0.222 e. The summed E-state index contributed by atoms with van der Waals surface area (Å²) < 4.78 is 0. The second kappa shape index (κ2) is 10.0. The molecule has 0 radical (unpaired) electrons. The van der Waals surface area contributed by atoms with Gasteiger partial charge in [-0.05, 0) is 51.1 Å². The summed E-state index contributed by atoms with van der Waals surface area (Å²) in [6.45, 7) is 3.87. The molecule has 3 heterocycles. The van der Waals surface area contributed by atoms with Gasteiger partial charge in [0.25, 0.3) is 0 Å². The van der Waals surface area contributed by atoms with E-state index in [1.54, 1.807) is 0 Å². The molecule has 0 unspecified atom stereocenters. The molecule has 6 nitrogen and oxygen atoms in total. The Bertz CT molecular complexity index is 736. The van der Waals surface area contributed by atoms with Crippen molar-refractivity contribution in [3.05, 3.63) is 36.2 Å². The van der Waals surface area contributed by atoms with Gasteiger partial charge in [-0.3, -0.25) is 9.89 Å². The molecular formula is C21H30ClN5O. The lowest BCUT2D eigenvalue weighted by Gasteiger charge is -2.31. The number of halogens is 1. The van der Waals surface area contributed by atoms with Gasteiger partial charge >= 0.3 is 0 Å². The summed E-state index contributed by atoms with van der Waals surface area (Å²) in [5.74, 6) is 3.12. The molecule has 0 atom stereocenters. The van der Waals surface area contributed by atoms with Gasteiger partial charge in [-0.25, -0.2) is 4.98 Å². The Hall–Kier alpha value is -1.92. The minimum Gasteiger partial charge on any atom is -0.343 e. The predicted molar refractivity (Wildman–Crippen MR) is 112 cm³/mol. The van der Waals surface area contributed by atoms with Crippen LogP contribution >= 0.6 is 12.4 Å². The summed E-state index contributed by atoms with van der Waals surface area (Å²) in [5.41, 5.74) is 1.03. The topological polar surface area (TPSA) is 73.9 Å². The number of nitrogens with zero attached hydrogens (tertiary/aromatic N) is 3. The lowest BCUT2D eigenvalue weighted by atomic mass is 9.92. The van der Waals surface area contributed by atoms with E-state index in [0.717, 1.165) is 68.6 Å². The van der Waals surface area contributed by atoms with Crippen molar-refractivity contribution in [2.24, 2.45) is 5.92 Å². The van der Waals surface area contributed by atoms with Gasteiger partial charge < -0.3 is 10.2 Å². The Morgan fingerprint density at radius 1 is 1.07 bits per heavy atom. The van der Waals surface area contributed by atoms with Crippen LogP contribution in [-0.4, -0.2) is 52.2 Å². The summed E-state index contributed by atoms with van der Waals surface area (Å²) >= 11 is 0. The van der Waals surface area contributed by atoms with Gasteiger partial charge in [0.2, 0.25) is 5.91 Å². The van der Waals surface area contributed by atoms with E-state index in [0.29, 0.717) is 18.2 Å². The Labute approximate surface area is 172 Å². The molecule has 2 fully saturated rings. The Morgan fingerprint density at radius 2 is 1.79 bits per heavy atom. The number of hydrogen-bond donors (Lipinski definition) is 2. The minimum atomic E-state index is 0. The summed E-state index contributed by atoms with van der Waals surface area (Å²) in [7, 11) is 0. The van der Waals surface area contributed by atoms with Crippen molar-refractivity contribution in [2.75, 3.05) is 26.2 Å². The molecule has 0 saturated carbocycles. The first-order chi connectivity index (χ1) is 13.3. The Balaban J connectivity index is 0.00000225. The number of H-pyrrole nitrogens is 1. The largest absolute Gasteiger partial charge is 0.343 e. The quantitative estimate of drug-likeness (QED) is 0.802. The van der Waals surface area contributed by atoms with E-state index in [9.17, 15) is 4.79 Å². The van der Waals surface area contributed by atoms with E-state index >= 15 is 0 Å². The van der Waals surface area contributed by atoms with Crippen LogP contribution in [0.3, 0.4) is 0 Å². The third kappa shape index (κ3) is 5.11. The van der Waals surface area contributed by atoms with Crippen LogP contribution in [0.4, 0.5) is 0 Å². The number of nitrogens with one attached hydrogen (secondary N) is 2. The van der Waals surface area contributed by atoms with Crippen molar-refractivity contribution in [3.8, 4) is 11.4 Å². The molecule has 2 aliphatic heterocycles. The third-order valence-electron chi connectivity index (χ3n) is 5.99. The highest BCUT2D eigenvalue weighted by molar-refractivity contribution is 5.85. The maximum absolute atomic E-state index is 12.5.